The van der Waals surface area contributed by atoms with E-state index in [1.807, 2.05) is 30.3 Å². The summed E-state index contributed by atoms with van der Waals surface area (Å²) in [4.78, 5) is 10.2. The van der Waals surface area contributed by atoms with E-state index in [2.05, 4.69) is 45.2 Å². The Labute approximate surface area is 147 Å². The van der Waals surface area contributed by atoms with Crippen LogP contribution in [0.3, 0.4) is 0 Å². The third kappa shape index (κ3) is 3.27. The van der Waals surface area contributed by atoms with Gasteiger partial charge >= 0.3 is 0 Å². The molecule has 1 fully saturated rings. The zero-order valence-corrected chi connectivity index (χ0v) is 14.1. The van der Waals surface area contributed by atoms with Gasteiger partial charge in [0.2, 0.25) is 0 Å². The number of aromatic nitrogens is 2. The lowest BCUT2D eigenvalue weighted by Gasteiger charge is -2.28. The molecule has 0 radical (unpaired) electrons. The van der Waals surface area contributed by atoms with Gasteiger partial charge in [0, 0.05) is 18.8 Å². The number of para-hydroxylation sites is 2. The van der Waals surface area contributed by atoms with Crippen molar-refractivity contribution < 1.29 is 0 Å². The molecule has 1 N–H and O–H groups in total. The SMILES string of the molecule is N#C/C(=C\c1ccc(N2CCCCC2)cc1)c1nc2ccccc2[nH]1. The normalized spacial score (nSPS) is 15.3. The summed E-state index contributed by atoms with van der Waals surface area (Å²) in [6.07, 6.45) is 5.76. The number of benzene rings is 2. The summed E-state index contributed by atoms with van der Waals surface area (Å²) in [6, 6.07) is 18.5. The van der Waals surface area contributed by atoms with E-state index in [1.54, 1.807) is 0 Å². The summed E-state index contributed by atoms with van der Waals surface area (Å²) in [5, 5.41) is 9.54. The Hall–Kier alpha value is -3.06. The van der Waals surface area contributed by atoms with E-state index in [9.17, 15) is 5.26 Å². The average Bonchev–Trinajstić information content (AvgIpc) is 3.11. The molecule has 0 bridgehead atoms. The number of anilines is 1. The largest absolute Gasteiger partial charge is 0.372 e. The number of nitriles is 1. The molecule has 4 nitrogen and oxygen atoms in total. The maximum Gasteiger partial charge on any atom is 0.149 e. The molecule has 0 unspecified atom stereocenters. The van der Waals surface area contributed by atoms with Gasteiger partial charge in [0.15, 0.2) is 0 Å². The zero-order chi connectivity index (χ0) is 17.1. The fourth-order valence-corrected chi connectivity index (χ4v) is 3.33. The average molecular weight is 328 g/mol. The van der Waals surface area contributed by atoms with Gasteiger partial charge in [-0.1, -0.05) is 24.3 Å². The summed E-state index contributed by atoms with van der Waals surface area (Å²) in [6.45, 7) is 2.27. The van der Waals surface area contributed by atoms with E-state index in [0.29, 0.717) is 11.4 Å². The molecule has 25 heavy (non-hydrogen) atoms. The number of imidazole rings is 1. The number of H-pyrrole nitrogens is 1. The van der Waals surface area contributed by atoms with Crippen LogP contribution in [0.25, 0.3) is 22.7 Å². The fraction of sp³-hybridized carbons (Fsp3) is 0.238. The van der Waals surface area contributed by atoms with Crippen LogP contribution < -0.4 is 4.90 Å². The highest BCUT2D eigenvalue weighted by molar-refractivity contribution is 5.90. The van der Waals surface area contributed by atoms with Gasteiger partial charge in [0.1, 0.15) is 11.9 Å². The van der Waals surface area contributed by atoms with Crippen molar-refractivity contribution in [3.63, 3.8) is 0 Å². The molecule has 1 aromatic heterocycles. The number of piperidine rings is 1. The van der Waals surface area contributed by atoms with Crippen LogP contribution in [0.4, 0.5) is 5.69 Å². The highest BCUT2D eigenvalue weighted by atomic mass is 15.1. The highest BCUT2D eigenvalue weighted by Crippen LogP contribution is 2.23. The van der Waals surface area contributed by atoms with Crippen molar-refractivity contribution in [3.8, 4) is 6.07 Å². The Morgan fingerprint density at radius 3 is 2.52 bits per heavy atom. The summed E-state index contributed by atoms with van der Waals surface area (Å²) >= 11 is 0. The predicted molar refractivity (Wildman–Crippen MR) is 102 cm³/mol. The van der Waals surface area contributed by atoms with Crippen molar-refractivity contribution in [2.24, 2.45) is 0 Å². The number of hydrogen-bond donors (Lipinski definition) is 1. The number of fused-ring (bicyclic) bond motifs is 1. The molecule has 3 aromatic rings. The monoisotopic (exact) mass is 328 g/mol. The van der Waals surface area contributed by atoms with Gasteiger partial charge < -0.3 is 9.88 Å². The fourth-order valence-electron chi connectivity index (χ4n) is 3.33. The molecule has 0 spiro atoms. The molecule has 1 aliphatic heterocycles. The molecule has 1 saturated heterocycles. The highest BCUT2D eigenvalue weighted by Gasteiger charge is 2.11. The number of nitrogens with zero attached hydrogens (tertiary/aromatic N) is 3. The topological polar surface area (TPSA) is 55.7 Å². The first-order valence-electron chi connectivity index (χ1n) is 8.75. The minimum atomic E-state index is 0.543. The lowest BCUT2D eigenvalue weighted by molar-refractivity contribution is 0.578. The first-order valence-corrected chi connectivity index (χ1v) is 8.75. The van der Waals surface area contributed by atoms with Gasteiger partial charge in [0.05, 0.1) is 16.6 Å². The first-order chi connectivity index (χ1) is 12.3. The van der Waals surface area contributed by atoms with Gasteiger partial charge in [0.25, 0.3) is 0 Å². The van der Waals surface area contributed by atoms with Crippen LogP contribution in [-0.4, -0.2) is 23.1 Å². The van der Waals surface area contributed by atoms with Crippen molar-refractivity contribution in [2.75, 3.05) is 18.0 Å². The summed E-state index contributed by atoms with van der Waals surface area (Å²) in [7, 11) is 0. The number of hydrogen-bond acceptors (Lipinski definition) is 3. The van der Waals surface area contributed by atoms with E-state index < -0.39 is 0 Å². The minimum Gasteiger partial charge on any atom is -0.372 e. The van der Waals surface area contributed by atoms with Crippen LogP contribution in [0.2, 0.25) is 0 Å². The second-order valence-corrected chi connectivity index (χ2v) is 6.41. The lowest BCUT2D eigenvalue weighted by atomic mass is 10.1. The zero-order valence-electron chi connectivity index (χ0n) is 14.1. The number of allylic oxidation sites excluding steroid dienone is 1. The van der Waals surface area contributed by atoms with Crippen LogP contribution in [0.5, 0.6) is 0 Å². The van der Waals surface area contributed by atoms with E-state index in [4.69, 9.17) is 0 Å². The van der Waals surface area contributed by atoms with Crippen LogP contribution in [-0.2, 0) is 0 Å². The maximum atomic E-state index is 9.54. The van der Waals surface area contributed by atoms with Gasteiger partial charge in [-0.05, 0) is 55.2 Å². The van der Waals surface area contributed by atoms with Gasteiger partial charge in [-0.15, -0.1) is 0 Å². The second-order valence-electron chi connectivity index (χ2n) is 6.41. The van der Waals surface area contributed by atoms with Gasteiger partial charge in [-0.25, -0.2) is 4.98 Å². The predicted octanol–water partition coefficient (Wildman–Crippen LogP) is 4.62. The van der Waals surface area contributed by atoms with E-state index in [0.717, 1.165) is 29.7 Å². The van der Waals surface area contributed by atoms with Crippen molar-refractivity contribution in [3.05, 3.63) is 59.9 Å². The number of nitrogens with one attached hydrogen (secondary N) is 1. The molecule has 2 aromatic carbocycles. The molecule has 4 heteroatoms. The molecule has 0 atom stereocenters. The molecule has 124 valence electrons. The molecular weight excluding hydrogens is 308 g/mol. The molecular formula is C21H20N4. The minimum absolute atomic E-state index is 0.543. The Bertz CT molecular complexity index is 905. The summed E-state index contributed by atoms with van der Waals surface area (Å²) < 4.78 is 0. The van der Waals surface area contributed by atoms with Crippen molar-refractivity contribution in [1.82, 2.24) is 9.97 Å². The maximum absolute atomic E-state index is 9.54. The standard InChI is InChI=1S/C21H20N4/c22-15-17(21-23-19-6-2-3-7-20(19)24-21)14-16-8-10-18(11-9-16)25-12-4-1-5-13-25/h2-3,6-11,14H,1,4-5,12-13H2,(H,23,24)/b17-14+. The van der Waals surface area contributed by atoms with Crippen LogP contribution >= 0.6 is 0 Å². The van der Waals surface area contributed by atoms with E-state index >= 15 is 0 Å². The van der Waals surface area contributed by atoms with E-state index in [-0.39, 0.29) is 0 Å². The molecule has 0 saturated carbocycles. The molecule has 0 aliphatic carbocycles. The van der Waals surface area contributed by atoms with Crippen molar-refractivity contribution >= 4 is 28.4 Å². The Morgan fingerprint density at radius 1 is 1.04 bits per heavy atom. The number of aromatic amines is 1. The number of rotatable bonds is 3. The molecule has 4 rings (SSSR count). The summed E-state index contributed by atoms with van der Waals surface area (Å²) in [5.74, 6) is 0.615. The quantitative estimate of drug-likeness (QED) is 0.714. The van der Waals surface area contributed by atoms with Crippen molar-refractivity contribution in [1.29, 1.82) is 5.26 Å². The lowest BCUT2D eigenvalue weighted by Crippen LogP contribution is -2.29. The molecule has 1 aliphatic rings. The Kier molecular flexibility index (Phi) is 4.22. The van der Waals surface area contributed by atoms with E-state index in [1.165, 1.54) is 24.9 Å². The Balaban J connectivity index is 1.60. The Morgan fingerprint density at radius 2 is 1.80 bits per heavy atom. The summed E-state index contributed by atoms with van der Waals surface area (Å²) in [5.41, 5.74) is 4.64. The van der Waals surface area contributed by atoms with Crippen LogP contribution in [0, 0.1) is 11.3 Å². The van der Waals surface area contributed by atoms with Gasteiger partial charge in [-0.2, -0.15) is 5.26 Å². The van der Waals surface area contributed by atoms with Crippen LogP contribution in [0.1, 0.15) is 30.7 Å². The second kappa shape index (κ2) is 6.82. The van der Waals surface area contributed by atoms with Crippen LogP contribution in [0.15, 0.2) is 48.5 Å². The molecule has 2 heterocycles. The van der Waals surface area contributed by atoms with Crippen molar-refractivity contribution in [2.45, 2.75) is 19.3 Å². The third-order valence-electron chi connectivity index (χ3n) is 4.69. The molecule has 0 amide bonds. The third-order valence-corrected chi connectivity index (χ3v) is 4.69. The smallest absolute Gasteiger partial charge is 0.149 e. The first kappa shape index (κ1) is 15.5. The van der Waals surface area contributed by atoms with Gasteiger partial charge in [-0.3, -0.25) is 0 Å².